The maximum atomic E-state index is 12.6. The molecule has 0 fully saturated rings. The molecule has 1 aromatic carbocycles. The molecule has 4 nitrogen and oxygen atoms in total. The molecule has 0 aliphatic rings. The lowest BCUT2D eigenvalue weighted by atomic mass is 10.2. The van der Waals surface area contributed by atoms with E-state index in [1.807, 2.05) is 0 Å². The first-order valence-electron chi connectivity index (χ1n) is 6.15. The average Bonchev–Trinajstić information content (AvgIpc) is 2.34. The molecule has 0 N–H and O–H groups in total. The third-order valence-corrected chi connectivity index (χ3v) is 4.78. The Morgan fingerprint density at radius 2 is 1.86 bits per heavy atom. The summed E-state index contributed by atoms with van der Waals surface area (Å²) in [5, 5.41) is 0. The lowest BCUT2D eigenvalue weighted by molar-refractivity contribution is -0.138. The molecule has 0 heterocycles. The van der Waals surface area contributed by atoms with Crippen LogP contribution < -0.4 is 0 Å². The molecule has 1 aromatic rings. The Balaban J connectivity index is 3.29. The Labute approximate surface area is 121 Å². The molecule has 0 saturated heterocycles. The van der Waals surface area contributed by atoms with Gasteiger partial charge in [-0.2, -0.15) is 17.5 Å². The van der Waals surface area contributed by atoms with Crippen LogP contribution in [0.5, 0.6) is 0 Å². The predicted octanol–water partition coefficient (Wildman–Crippen LogP) is 2.85. The van der Waals surface area contributed by atoms with Crippen molar-refractivity contribution >= 4 is 15.8 Å². The number of alkyl halides is 3. The summed E-state index contributed by atoms with van der Waals surface area (Å²) in [7, 11) is -4.33. The van der Waals surface area contributed by atoms with Crippen LogP contribution in [0.15, 0.2) is 29.2 Å². The molecule has 0 amide bonds. The molecule has 0 spiro atoms. The minimum Gasteiger partial charge on any atom is -0.295 e. The van der Waals surface area contributed by atoms with Gasteiger partial charge in [0.05, 0.1) is 4.90 Å². The largest absolute Gasteiger partial charge is 0.402 e. The summed E-state index contributed by atoms with van der Waals surface area (Å²) in [6.45, 7) is 2.40. The van der Waals surface area contributed by atoms with Gasteiger partial charge in [0.25, 0.3) is 0 Å². The summed E-state index contributed by atoms with van der Waals surface area (Å²) in [6.07, 6.45) is -4.64. The number of ketones is 1. The SMILES string of the molecule is CC(=O)c1cccc(S(=O)(=O)N(CC(F)(F)F)C(C)C)c1. The number of nitrogens with zero attached hydrogens (tertiary/aromatic N) is 1. The highest BCUT2D eigenvalue weighted by Gasteiger charge is 2.38. The molecule has 0 saturated carbocycles. The van der Waals surface area contributed by atoms with Crippen molar-refractivity contribution < 1.29 is 26.4 Å². The van der Waals surface area contributed by atoms with Crippen LogP contribution in [0.4, 0.5) is 13.2 Å². The van der Waals surface area contributed by atoms with Crippen molar-refractivity contribution in [2.24, 2.45) is 0 Å². The number of hydrogen-bond donors (Lipinski definition) is 0. The predicted molar refractivity (Wildman–Crippen MR) is 71.5 cm³/mol. The number of sulfonamides is 1. The highest BCUT2D eigenvalue weighted by Crippen LogP contribution is 2.25. The molecule has 0 aromatic heterocycles. The van der Waals surface area contributed by atoms with Gasteiger partial charge in [-0.1, -0.05) is 12.1 Å². The van der Waals surface area contributed by atoms with Gasteiger partial charge in [-0.3, -0.25) is 4.79 Å². The van der Waals surface area contributed by atoms with Crippen molar-refractivity contribution in [2.75, 3.05) is 6.54 Å². The fourth-order valence-electron chi connectivity index (χ4n) is 1.73. The Morgan fingerprint density at radius 3 is 2.29 bits per heavy atom. The summed E-state index contributed by atoms with van der Waals surface area (Å²) in [5.74, 6) is -0.362. The third kappa shape index (κ3) is 4.53. The number of halogens is 3. The van der Waals surface area contributed by atoms with Crippen molar-refractivity contribution in [2.45, 2.75) is 37.9 Å². The molecule has 0 radical (unpaired) electrons. The Morgan fingerprint density at radius 1 is 1.29 bits per heavy atom. The van der Waals surface area contributed by atoms with E-state index in [-0.39, 0.29) is 16.2 Å². The highest BCUT2D eigenvalue weighted by atomic mass is 32.2. The molecular formula is C13H16F3NO3S. The van der Waals surface area contributed by atoms with Gasteiger partial charge in [0.2, 0.25) is 10.0 Å². The van der Waals surface area contributed by atoms with E-state index in [9.17, 15) is 26.4 Å². The van der Waals surface area contributed by atoms with Crippen LogP contribution in [-0.2, 0) is 10.0 Å². The maximum absolute atomic E-state index is 12.6. The van der Waals surface area contributed by atoms with Crippen LogP contribution in [0.2, 0.25) is 0 Å². The Kier molecular flexibility index (Phi) is 5.16. The summed E-state index contributed by atoms with van der Waals surface area (Å²) >= 11 is 0. The third-order valence-electron chi connectivity index (χ3n) is 2.76. The van der Waals surface area contributed by atoms with Gasteiger partial charge in [0, 0.05) is 11.6 Å². The zero-order chi connectivity index (χ0) is 16.4. The Hall–Kier alpha value is -1.41. The van der Waals surface area contributed by atoms with Crippen LogP contribution in [0, 0.1) is 0 Å². The molecule has 0 aliphatic carbocycles. The fraction of sp³-hybridized carbons (Fsp3) is 0.462. The number of carbonyl (C=O) groups excluding carboxylic acids is 1. The van der Waals surface area contributed by atoms with E-state index >= 15 is 0 Å². The monoisotopic (exact) mass is 323 g/mol. The molecule has 8 heteroatoms. The summed E-state index contributed by atoms with van der Waals surface area (Å²) in [5.41, 5.74) is 0.131. The van der Waals surface area contributed by atoms with Crippen LogP contribution in [0.25, 0.3) is 0 Å². The molecule has 0 unspecified atom stereocenters. The molecular weight excluding hydrogens is 307 g/mol. The topological polar surface area (TPSA) is 54.5 Å². The number of hydrogen-bond acceptors (Lipinski definition) is 3. The molecule has 0 atom stereocenters. The van der Waals surface area contributed by atoms with E-state index in [4.69, 9.17) is 0 Å². The van der Waals surface area contributed by atoms with E-state index < -0.39 is 28.8 Å². The summed E-state index contributed by atoms with van der Waals surface area (Å²) in [6, 6.07) is 4.13. The van der Waals surface area contributed by atoms with Crippen molar-refractivity contribution in [3.63, 3.8) is 0 Å². The van der Waals surface area contributed by atoms with Gasteiger partial charge in [-0.15, -0.1) is 0 Å². The zero-order valence-corrected chi connectivity index (χ0v) is 12.6. The minimum atomic E-state index is -4.64. The fourth-order valence-corrected chi connectivity index (χ4v) is 3.40. The molecule has 0 aliphatic heterocycles. The standard InChI is InChI=1S/C13H16F3NO3S/c1-9(2)17(8-13(14,15)16)21(19,20)12-6-4-5-11(7-12)10(3)18/h4-7,9H,8H2,1-3H3. The summed E-state index contributed by atoms with van der Waals surface area (Å²) < 4.78 is 62.7. The van der Waals surface area contributed by atoms with Crippen molar-refractivity contribution in [1.29, 1.82) is 0 Å². The van der Waals surface area contributed by atoms with Gasteiger partial charge in [0.1, 0.15) is 6.54 Å². The van der Waals surface area contributed by atoms with Gasteiger partial charge in [0.15, 0.2) is 5.78 Å². The first kappa shape index (κ1) is 17.6. The zero-order valence-electron chi connectivity index (χ0n) is 11.8. The Bertz CT molecular complexity index is 624. The van der Waals surface area contributed by atoms with E-state index in [0.29, 0.717) is 4.31 Å². The first-order valence-corrected chi connectivity index (χ1v) is 7.59. The molecule has 0 bridgehead atoms. The average molecular weight is 323 g/mol. The molecule has 1 rings (SSSR count). The number of carbonyl (C=O) groups is 1. The second-order valence-electron chi connectivity index (χ2n) is 4.84. The maximum Gasteiger partial charge on any atom is 0.402 e. The smallest absolute Gasteiger partial charge is 0.295 e. The second kappa shape index (κ2) is 6.15. The van der Waals surface area contributed by atoms with Gasteiger partial charge in [-0.25, -0.2) is 8.42 Å². The van der Waals surface area contributed by atoms with Crippen molar-refractivity contribution in [3.8, 4) is 0 Å². The minimum absolute atomic E-state index is 0.131. The van der Waals surface area contributed by atoms with Crippen molar-refractivity contribution in [1.82, 2.24) is 4.31 Å². The number of benzene rings is 1. The molecule has 21 heavy (non-hydrogen) atoms. The van der Waals surface area contributed by atoms with Crippen LogP contribution in [0.1, 0.15) is 31.1 Å². The van der Waals surface area contributed by atoms with Gasteiger partial charge in [-0.05, 0) is 32.9 Å². The lowest BCUT2D eigenvalue weighted by Gasteiger charge is -2.26. The normalized spacial score (nSPS) is 13.0. The van der Waals surface area contributed by atoms with Crippen LogP contribution in [-0.4, -0.2) is 37.3 Å². The van der Waals surface area contributed by atoms with Crippen LogP contribution in [0.3, 0.4) is 0 Å². The van der Waals surface area contributed by atoms with Crippen LogP contribution >= 0.6 is 0 Å². The van der Waals surface area contributed by atoms with E-state index in [1.165, 1.54) is 39.0 Å². The quantitative estimate of drug-likeness (QED) is 0.783. The second-order valence-corrected chi connectivity index (χ2v) is 6.73. The first-order chi connectivity index (χ1) is 9.45. The van der Waals surface area contributed by atoms with E-state index in [1.54, 1.807) is 0 Å². The van der Waals surface area contributed by atoms with Gasteiger partial charge >= 0.3 is 6.18 Å². The van der Waals surface area contributed by atoms with Crippen molar-refractivity contribution in [3.05, 3.63) is 29.8 Å². The van der Waals surface area contributed by atoms with E-state index in [2.05, 4.69) is 0 Å². The number of Topliss-reactive ketones (excluding diaryl/α,β-unsaturated/α-hetero) is 1. The van der Waals surface area contributed by atoms with E-state index in [0.717, 1.165) is 6.07 Å². The molecule has 118 valence electrons. The summed E-state index contributed by atoms with van der Waals surface area (Å²) in [4.78, 5) is 10.9. The lowest BCUT2D eigenvalue weighted by Crippen LogP contribution is -2.43. The van der Waals surface area contributed by atoms with Gasteiger partial charge < -0.3 is 0 Å². The number of rotatable bonds is 5. The highest BCUT2D eigenvalue weighted by molar-refractivity contribution is 7.89.